The molecule has 0 radical (unpaired) electrons. The number of H-pyrrole nitrogens is 1. The summed E-state index contributed by atoms with van der Waals surface area (Å²) in [5.41, 5.74) is 4.89. The van der Waals surface area contributed by atoms with E-state index in [0.29, 0.717) is 6.42 Å². The van der Waals surface area contributed by atoms with Crippen LogP contribution in [-0.2, 0) is 16.0 Å². The van der Waals surface area contributed by atoms with Gasteiger partial charge in [-0.25, -0.2) is 9.69 Å². The van der Waals surface area contributed by atoms with E-state index in [0.717, 1.165) is 38.2 Å². The smallest absolute Gasteiger partial charge is 0.332 e. The first-order valence-corrected chi connectivity index (χ1v) is 12.7. The van der Waals surface area contributed by atoms with E-state index in [1.807, 2.05) is 55.5 Å². The van der Waals surface area contributed by atoms with Crippen LogP contribution < -0.4 is 10.2 Å². The predicted octanol–water partition coefficient (Wildman–Crippen LogP) is 4.16. The van der Waals surface area contributed by atoms with Crippen molar-refractivity contribution in [2.45, 2.75) is 38.4 Å². The molecule has 9 nitrogen and oxygen atoms in total. The lowest BCUT2D eigenvalue weighted by Crippen LogP contribution is -2.44. The van der Waals surface area contributed by atoms with Gasteiger partial charge in [-0.1, -0.05) is 60.2 Å². The maximum Gasteiger partial charge on any atom is 0.332 e. The summed E-state index contributed by atoms with van der Waals surface area (Å²) in [4.78, 5) is 58.6. The SMILES string of the molecule is Cc1ccc(C2c3[nH]c4ccccc4c3C[C@H]3C(=O)N(c4ccccc4C(=O)N[C@H](C)C(=O)O)C(=O)N23)cc1. The molecule has 0 bridgehead atoms. The molecule has 1 saturated heterocycles. The predicted molar refractivity (Wildman–Crippen MR) is 145 cm³/mol. The first kappa shape index (κ1) is 24.4. The Labute approximate surface area is 224 Å². The van der Waals surface area contributed by atoms with Crippen molar-refractivity contribution in [3.63, 3.8) is 0 Å². The summed E-state index contributed by atoms with van der Waals surface area (Å²) in [6, 6.07) is 19.0. The highest BCUT2D eigenvalue weighted by molar-refractivity contribution is 6.24. The molecule has 1 fully saturated rings. The summed E-state index contributed by atoms with van der Waals surface area (Å²) in [6.07, 6.45) is 0.327. The zero-order chi connectivity index (χ0) is 27.4. The number of para-hydroxylation sites is 2. The van der Waals surface area contributed by atoms with Gasteiger partial charge in [0.05, 0.1) is 11.3 Å². The number of anilines is 1. The molecule has 0 spiro atoms. The largest absolute Gasteiger partial charge is 0.480 e. The van der Waals surface area contributed by atoms with Crippen molar-refractivity contribution in [2.75, 3.05) is 4.90 Å². The maximum atomic E-state index is 14.1. The number of rotatable bonds is 5. The van der Waals surface area contributed by atoms with Crippen LogP contribution in [0.1, 0.15) is 45.7 Å². The van der Waals surface area contributed by atoms with Crippen molar-refractivity contribution >= 4 is 40.4 Å². The lowest BCUT2D eigenvalue weighted by atomic mass is 9.88. The highest BCUT2D eigenvalue weighted by Gasteiger charge is 2.53. The Kier molecular flexibility index (Phi) is 5.71. The molecule has 2 aliphatic heterocycles. The minimum Gasteiger partial charge on any atom is -0.480 e. The minimum atomic E-state index is -1.19. The number of nitrogens with zero attached hydrogens (tertiary/aromatic N) is 2. The number of carboxylic acid groups (broad SMARTS) is 1. The van der Waals surface area contributed by atoms with Gasteiger partial charge in [-0.05, 0) is 43.2 Å². The molecule has 9 heteroatoms. The molecule has 1 aromatic heterocycles. The van der Waals surface area contributed by atoms with E-state index >= 15 is 0 Å². The van der Waals surface area contributed by atoms with Gasteiger partial charge < -0.3 is 15.4 Å². The summed E-state index contributed by atoms with van der Waals surface area (Å²) in [7, 11) is 0. The van der Waals surface area contributed by atoms with Crippen molar-refractivity contribution in [3.05, 3.63) is 101 Å². The monoisotopic (exact) mass is 522 g/mol. The third-order valence-electron chi connectivity index (χ3n) is 7.55. The third-order valence-corrected chi connectivity index (χ3v) is 7.55. The fourth-order valence-electron chi connectivity index (χ4n) is 5.59. The van der Waals surface area contributed by atoms with Gasteiger partial charge >= 0.3 is 12.0 Å². The number of carboxylic acids is 1. The van der Waals surface area contributed by atoms with Crippen LogP contribution in [0.25, 0.3) is 10.9 Å². The average molecular weight is 523 g/mol. The molecule has 4 aromatic rings. The van der Waals surface area contributed by atoms with E-state index in [1.54, 1.807) is 17.0 Å². The zero-order valence-electron chi connectivity index (χ0n) is 21.3. The van der Waals surface area contributed by atoms with Crippen molar-refractivity contribution in [1.29, 1.82) is 0 Å². The van der Waals surface area contributed by atoms with Crippen LogP contribution in [0.4, 0.5) is 10.5 Å². The normalized spacial score (nSPS) is 19.1. The summed E-state index contributed by atoms with van der Waals surface area (Å²) in [5, 5.41) is 12.7. The van der Waals surface area contributed by atoms with E-state index in [2.05, 4.69) is 10.3 Å². The molecule has 0 saturated carbocycles. The standard InChI is InChI=1S/C30H26N4O5/c1-16-11-13-18(14-12-16)26-25-21(19-7-3-5-9-22(19)32-25)15-24-28(36)34(30(39)33(24)26)23-10-6-4-8-20(23)27(35)31-17(2)29(37)38/h3-14,17,24,26,32H,15H2,1-2H3,(H,31,35)(H,37,38)/t17-,24+,26?/m1/s1. The van der Waals surface area contributed by atoms with Gasteiger partial charge in [-0.2, -0.15) is 0 Å². The van der Waals surface area contributed by atoms with Gasteiger partial charge in [-0.15, -0.1) is 0 Å². The van der Waals surface area contributed by atoms with Crippen molar-refractivity contribution in [2.24, 2.45) is 0 Å². The van der Waals surface area contributed by atoms with Crippen molar-refractivity contribution in [1.82, 2.24) is 15.2 Å². The maximum absolute atomic E-state index is 14.1. The Morgan fingerprint density at radius 1 is 1.00 bits per heavy atom. The van der Waals surface area contributed by atoms with Crippen molar-refractivity contribution in [3.8, 4) is 0 Å². The van der Waals surface area contributed by atoms with Gasteiger partial charge in [0.15, 0.2) is 0 Å². The Morgan fingerprint density at radius 2 is 1.69 bits per heavy atom. The van der Waals surface area contributed by atoms with Gasteiger partial charge in [-0.3, -0.25) is 19.3 Å². The number of amides is 4. The fourth-order valence-corrected chi connectivity index (χ4v) is 5.59. The molecular weight excluding hydrogens is 496 g/mol. The summed E-state index contributed by atoms with van der Waals surface area (Å²) >= 11 is 0. The zero-order valence-corrected chi connectivity index (χ0v) is 21.3. The van der Waals surface area contributed by atoms with Gasteiger partial charge in [0.1, 0.15) is 18.1 Å². The average Bonchev–Trinajstić information content (AvgIpc) is 3.42. The molecule has 4 amide bonds. The lowest BCUT2D eigenvalue weighted by molar-refractivity contribution is -0.138. The molecule has 3 heterocycles. The third kappa shape index (κ3) is 3.85. The number of fused-ring (bicyclic) bond motifs is 4. The second kappa shape index (κ2) is 9.13. The highest BCUT2D eigenvalue weighted by atomic mass is 16.4. The number of carbonyl (C=O) groups excluding carboxylic acids is 3. The molecule has 1 unspecified atom stereocenters. The van der Waals surface area contributed by atoms with Crippen LogP contribution in [0.15, 0.2) is 72.8 Å². The summed E-state index contributed by atoms with van der Waals surface area (Å²) in [6.45, 7) is 3.33. The molecule has 2 aliphatic rings. The van der Waals surface area contributed by atoms with Crippen LogP contribution in [-0.4, -0.2) is 50.9 Å². The van der Waals surface area contributed by atoms with Gasteiger partial charge in [0.25, 0.3) is 11.8 Å². The molecule has 39 heavy (non-hydrogen) atoms. The minimum absolute atomic E-state index is 0.0444. The highest BCUT2D eigenvalue weighted by Crippen LogP contribution is 2.45. The lowest BCUT2D eigenvalue weighted by Gasteiger charge is -2.36. The van der Waals surface area contributed by atoms with E-state index in [9.17, 15) is 24.3 Å². The number of urea groups is 1. The number of hydrogen-bond acceptors (Lipinski definition) is 4. The summed E-state index contributed by atoms with van der Waals surface area (Å²) < 4.78 is 0. The van der Waals surface area contributed by atoms with Crippen LogP contribution >= 0.6 is 0 Å². The quantitative estimate of drug-likeness (QED) is 0.340. The number of aromatic nitrogens is 1. The van der Waals surface area contributed by atoms with Gasteiger partial charge in [0.2, 0.25) is 0 Å². The number of carbonyl (C=O) groups is 4. The van der Waals surface area contributed by atoms with E-state index < -0.39 is 41.9 Å². The van der Waals surface area contributed by atoms with E-state index in [4.69, 9.17) is 0 Å². The van der Waals surface area contributed by atoms with Gasteiger partial charge in [0, 0.05) is 23.0 Å². The number of benzene rings is 3. The first-order valence-electron chi connectivity index (χ1n) is 12.7. The first-order chi connectivity index (χ1) is 18.8. The van der Waals surface area contributed by atoms with Crippen LogP contribution in [0.2, 0.25) is 0 Å². The summed E-state index contributed by atoms with van der Waals surface area (Å²) in [5.74, 6) is -2.31. The molecular formula is C30H26N4O5. The van der Waals surface area contributed by atoms with E-state index in [-0.39, 0.29) is 11.3 Å². The Balaban J connectivity index is 1.46. The molecule has 6 rings (SSSR count). The number of hydrogen-bond donors (Lipinski definition) is 3. The number of nitrogens with one attached hydrogen (secondary N) is 2. The van der Waals surface area contributed by atoms with E-state index in [1.165, 1.54) is 19.1 Å². The number of aryl methyl sites for hydroxylation is 1. The number of imide groups is 1. The Hall–Kier alpha value is -4.92. The fraction of sp³-hybridized carbons (Fsp3) is 0.200. The molecule has 3 aromatic carbocycles. The number of aromatic amines is 1. The number of aliphatic carboxylic acids is 1. The molecule has 3 atom stereocenters. The molecule has 0 aliphatic carbocycles. The Bertz CT molecular complexity index is 1660. The van der Waals surface area contributed by atoms with Crippen LogP contribution in [0, 0.1) is 6.92 Å². The Morgan fingerprint density at radius 3 is 2.44 bits per heavy atom. The second-order valence-electron chi connectivity index (χ2n) is 10.0. The second-order valence-corrected chi connectivity index (χ2v) is 10.0. The molecule has 196 valence electrons. The van der Waals surface area contributed by atoms with Crippen molar-refractivity contribution < 1.29 is 24.3 Å². The molecule has 3 N–H and O–H groups in total. The van der Waals surface area contributed by atoms with Crippen LogP contribution in [0.5, 0.6) is 0 Å². The topological polar surface area (TPSA) is 123 Å². The van der Waals surface area contributed by atoms with Crippen LogP contribution in [0.3, 0.4) is 0 Å².